The van der Waals surface area contributed by atoms with Gasteiger partial charge in [-0.25, -0.2) is 4.98 Å². The van der Waals surface area contributed by atoms with E-state index < -0.39 is 17.5 Å². The number of aromatic nitrogens is 1. The molecule has 3 rings (SSSR count). The minimum absolute atomic E-state index is 0.0193. The average molecular weight is 407 g/mol. The van der Waals surface area contributed by atoms with Gasteiger partial charge in [-0.05, 0) is 36.4 Å². The number of hydrogen-bond donors (Lipinski definition) is 0. The number of alkyl halides is 3. The molecular weight excluding hydrogens is 391 g/mol. The Balaban J connectivity index is 1.92. The van der Waals surface area contributed by atoms with E-state index >= 15 is 0 Å². The first-order valence-electron chi connectivity index (χ1n) is 8.26. The molecule has 0 saturated heterocycles. The van der Waals surface area contributed by atoms with Crippen LogP contribution in [0.4, 0.5) is 13.2 Å². The molecular formula is C20H16F3NO5. The fourth-order valence-electron chi connectivity index (χ4n) is 2.67. The molecule has 0 radical (unpaired) electrons. The highest BCUT2D eigenvalue weighted by Crippen LogP contribution is 2.38. The Morgan fingerprint density at radius 3 is 2.03 bits per heavy atom. The summed E-state index contributed by atoms with van der Waals surface area (Å²) in [5, 5.41) is 0. The highest BCUT2D eigenvalue weighted by Gasteiger charge is 2.30. The van der Waals surface area contributed by atoms with Gasteiger partial charge in [-0.3, -0.25) is 4.79 Å². The molecule has 0 aliphatic rings. The van der Waals surface area contributed by atoms with Crippen LogP contribution in [0, 0.1) is 0 Å². The highest BCUT2D eigenvalue weighted by atomic mass is 19.4. The van der Waals surface area contributed by atoms with Crippen LogP contribution < -0.4 is 14.2 Å². The van der Waals surface area contributed by atoms with Crippen LogP contribution in [0.15, 0.2) is 47.1 Å². The number of methoxy groups -OCH3 is 3. The minimum Gasteiger partial charge on any atom is -0.493 e. The highest BCUT2D eigenvalue weighted by molar-refractivity contribution is 6.08. The number of rotatable bonds is 6. The average Bonchev–Trinajstić information content (AvgIpc) is 3.21. The van der Waals surface area contributed by atoms with E-state index in [2.05, 4.69) is 4.98 Å². The van der Waals surface area contributed by atoms with Gasteiger partial charge in [-0.1, -0.05) is 0 Å². The molecule has 0 fully saturated rings. The SMILES string of the molecule is COc1cc(C(=O)c2coc(-c3ccc(C(F)(F)F)cc3)n2)cc(OC)c1OC. The molecule has 152 valence electrons. The molecule has 0 bridgehead atoms. The maximum absolute atomic E-state index is 12.8. The normalized spacial score (nSPS) is 11.2. The zero-order chi connectivity index (χ0) is 21.2. The van der Waals surface area contributed by atoms with Crippen molar-refractivity contribution in [3.05, 3.63) is 59.5 Å². The Bertz CT molecular complexity index is 1000. The maximum atomic E-state index is 12.8. The van der Waals surface area contributed by atoms with Crippen LogP contribution in [0.5, 0.6) is 17.2 Å². The molecule has 0 aliphatic carbocycles. The van der Waals surface area contributed by atoms with Gasteiger partial charge in [0.25, 0.3) is 0 Å². The lowest BCUT2D eigenvalue weighted by molar-refractivity contribution is -0.137. The molecule has 0 aliphatic heterocycles. The molecule has 29 heavy (non-hydrogen) atoms. The molecule has 1 aromatic heterocycles. The van der Waals surface area contributed by atoms with Crippen LogP contribution in [0.1, 0.15) is 21.6 Å². The first-order chi connectivity index (χ1) is 13.8. The van der Waals surface area contributed by atoms with Crippen molar-refractivity contribution in [1.82, 2.24) is 4.98 Å². The van der Waals surface area contributed by atoms with Gasteiger partial charge in [0.2, 0.25) is 17.4 Å². The number of ether oxygens (including phenoxy) is 3. The Morgan fingerprint density at radius 2 is 1.55 bits per heavy atom. The van der Waals surface area contributed by atoms with Gasteiger partial charge < -0.3 is 18.6 Å². The van der Waals surface area contributed by atoms with Gasteiger partial charge >= 0.3 is 6.18 Å². The van der Waals surface area contributed by atoms with Crippen molar-refractivity contribution < 1.29 is 36.6 Å². The molecule has 0 saturated carbocycles. The second-order valence-electron chi connectivity index (χ2n) is 5.86. The number of oxazole rings is 1. The van der Waals surface area contributed by atoms with Crippen LogP contribution in [0.2, 0.25) is 0 Å². The quantitative estimate of drug-likeness (QED) is 0.556. The summed E-state index contributed by atoms with van der Waals surface area (Å²) in [4.78, 5) is 16.9. The van der Waals surface area contributed by atoms with E-state index in [9.17, 15) is 18.0 Å². The Hall–Kier alpha value is -3.49. The van der Waals surface area contributed by atoms with E-state index in [1.165, 1.54) is 45.6 Å². The van der Waals surface area contributed by atoms with Gasteiger partial charge in [0.05, 0.1) is 26.9 Å². The lowest BCUT2D eigenvalue weighted by Crippen LogP contribution is -2.05. The summed E-state index contributed by atoms with van der Waals surface area (Å²) < 4.78 is 59.0. The first kappa shape index (κ1) is 20.2. The van der Waals surface area contributed by atoms with E-state index in [0.29, 0.717) is 22.8 Å². The summed E-state index contributed by atoms with van der Waals surface area (Å²) in [6, 6.07) is 7.22. The number of nitrogens with zero attached hydrogens (tertiary/aromatic N) is 1. The summed E-state index contributed by atoms with van der Waals surface area (Å²) in [6.45, 7) is 0. The van der Waals surface area contributed by atoms with Crippen molar-refractivity contribution in [1.29, 1.82) is 0 Å². The molecule has 9 heteroatoms. The zero-order valence-electron chi connectivity index (χ0n) is 15.7. The smallest absolute Gasteiger partial charge is 0.416 e. The van der Waals surface area contributed by atoms with E-state index in [-0.39, 0.29) is 17.1 Å². The van der Waals surface area contributed by atoms with Gasteiger partial charge in [0.15, 0.2) is 17.2 Å². The van der Waals surface area contributed by atoms with Gasteiger partial charge in [0, 0.05) is 11.1 Å². The molecule has 6 nitrogen and oxygen atoms in total. The number of ketones is 1. The Labute approximate surface area is 163 Å². The van der Waals surface area contributed by atoms with Crippen molar-refractivity contribution in [3.8, 4) is 28.7 Å². The van der Waals surface area contributed by atoms with Crippen molar-refractivity contribution in [2.24, 2.45) is 0 Å². The first-order valence-corrected chi connectivity index (χ1v) is 8.26. The van der Waals surface area contributed by atoms with E-state index in [1.807, 2.05) is 0 Å². The van der Waals surface area contributed by atoms with Crippen LogP contribution in [0.25, 0.3) is 11.5 Å². The molecule has 0 atom stereocenters. The summed E-state index contributed by atoms with van der Waals surface area (Å²) in [7, 11) is 4.28. The Kier molecular flexibility index (Phi) is 5.49. The van der Waals surface area contributed by atoms with Crippen LogP contribution in [-0.2, 0) is 6.18 Å². The number of halogens is 3. The van der Waals surface area contributed by atoms with E-state index in [4.69, 9.17) is 18.6 Å². The number of carbonyl (C=O) groups excluding carboxylic acids is 1. The predicted octanol–water partition coefficient (Wildman–Crippen LogP) is 4.62. The molecule has 0 N–H and O–H groups in total. The molecule has 1 heterocycles. The van der Waals surface area contributed by atoms with Crippen molar-refractivity contribution >= 4 is 5.78 Å². The summed E-state index contributed by atoms with van der Waals surface area (Å²) >= 11 is 0. The summed E-state index contributed by atoms with van der Waals surface area (Å²) in [5.74, 6) is 0.459. The third kappa shape index (κ3) is 4.03. The number of benzene rings is 2. The van der Waals surface area contributed by atoms with Crippen molar-refractivity contribution in [2.75, 3.05) is 21.3 Å². The second kappa shape index (κ2) is 7.86. The number of carbonyl (C=O) groups is 1. The third-order valence-electron chi connectivity index (χ3n) is 4.12. The maximum Gasteiger partial charge on any atom is 0.416 e. The lowest BCUT2D eigenvalue weighted by Gasteiger charge is -2.13. The summed E-state index contributed by atoms with van der Waals surface area (Å²) in [5.41, 5.74) is -0.288. The largest absolute Gasteiger partial charge is 0.493 e. The number of hydrogen-bond acceptors (Lipinski definition) is 6. The van der Waals surface area contributed by atoms with Crippen LogP contribution >= 0.6 is 0 Å². The third-order valence-corrected chi connectivity index (χ3v) is 4.12. The van der Waals surface area contributed by atoms with E-state index in [1.54, 1.807) is 0 Å². The topological polar surface area (TPSA) is 70.8 Å². The van der Waals surface area contributed by atoms with E-state index in [0.717, 1.165) is 18.4 Å². The second-order valence-corrected chi connectivity index (χ2v) is 5.86. The minimum atomic E-state index is -4.44. The van der Waals surface area contributed by atoms with Gasteiger partial charge in [-0.15, -0.1) is 0 Å². The van der Waals surface area contributed by atoms with Gasteiger partial charge in [0.1, 0.15) is 6.26 Å². The molecule has 0 amide bonds. The van der Waals surface area contributed by atoms with Gasteiger partial charge in [-0.2, -0.15) is 13.2 Å². The van der Waals surface area contributed by atoms with Crippen LogP contribution in [0.3, 0.4) is 0 Å². The predicted molar refractivity (Wildman–Crippen MR) is 96.5 cm³/mol. The van der Waals surface area contributed by atoms with Crippen molar-refractivity contribution in [2.45, 2.75) is 6.18 Å². The van der Waals surface area contributed by atoms with Crippen LogP contribution in [-0.4, -0.2) is 32.1 Å². The van der Waals surface area contributed by atoms with Crippen molar-refractivity contribution in [3.63, 3.8) is 0 Å². The fraction of sp³-hybridized carbons (Fsp3) is 0.200. The molecule has 3 aromatic rings. The summed E-state index contributed by atoms with van der Waals surface area (Å²) in [6.07, 6.45) is -3.30. The monoisotopic (exact) mass is 407 g/mol. The standard InChI is InChI=1S/C20H16F3NO5/c1-26-15-8-12(9-16(27-2)18(15)28-3)17(25)14-10-29-19(24-14)11-4-6-13(7-5-11)20(21,22)23/h4-10H,1-3H3. The fourth-order valence-corrected chi connectivity index (χ4v) is 2.67. The molecule has 0 spiro atoms. The molecule has 0 unspecified atom stereocenters. The Morgan fingerprint density at radius 1 is 0.966 bits per heavy atom. The molecule has 2 aromatic carbocycles. The zero-order valence-corrected chi connectivity index (χ0v) is 15.7. The lowest BCUT2D eigenvalue weighted by atomic mass is 10.1.